The molecule has 0 aliphatic heterocycles. The molecule has 1 N–H and O–H groups in total. The Morgan fingerprint density at radius 2 is 1.85 bits per heavy atom. The van der Waals surface area contributed by atoms with Gasteiger partial charge in [0.2, 0.25) is 0 Å². The Kier molecular flexibility index (Phi) is 4.56. The van der Waals surface area contributed by atoms with Crippen molar-refractivity contribution in [1.29, 1.82) is 0 Å². The summed E-state index contributed by atoms with van der Waals surface area (Å²) in [5.41, 5.74) is 2.65. The molecule has 0 fully saturated rings. The first-order valence-electron chi connectivity index (χ1n) is 6.34. The number of esters is 1. The third-order valence-corrected chi connectivity index (χ3v) is 2.97. The van der Waals surface area contributed by atoms with Crippen molar-refractivity contribution in [2.24, 2.45) is 0 Å². The first-order valence-corrected chi connectivity index (χ1v) is 6.34. The number of hydrogen-bond donors (Lipinski definition) is 1. The summed E-state index contributed by atoms with van der Waals surface area (Å²) in [6.07, 6.45) is 2.85. The zero-order chi connectivity index (χ0) is 14.4. The van der Waals surface area contributed by atoms with E-state index in [2.05, 4.69) is 0 Å². The van der Waals surface area contributed by atoms with Crippen LogP contribution in [0, 0.1) is 6.92 Å². The maximum Gasteiger partial charge on any atom is 0.331 e. The van der Waals surface area contributed by atoms with E-state index in [4.69, 9.17) is 4.74 Å². The number of carbonyl (C=O) groups excluding carboxylic acids is 1. The molecule has 20 heavy (non-hydrogen) atoms. The Labute approximate surface area is 118 Å². The van der Waals surface area contributed by atoms with Crippen molar-refractivity contribution in [3.8, 4) is 5.75 Å². The Balaban J connectivity index is 1.93. The second-order valence-electron chi connectivity index (χ2n) is 4.43. The van der Waals surface area contributed by atoms with Crippen LogP contribution in [0.25, 0.3) is 6.08 Å². The van der Waals surface area contributed by atoms with Gasteiger partial charge in [-0.2, -0.15) is 0 Å². The Hall–Kier alpha value is -2.55. The number of aromatic hydroxyl groups is 1. The molecule has 2 aromatic rings. The molecule has 0 amide bonds. The number of para-hydroxylation sites is 1. The number of benzene rings is 2. The fourth-order valence-electron chi connectivity index (χ4n) is 1.76. The van der Waals surface area contributed by atoms with Gasteiger partial charge in [0.05, 0.1) is 0 Å². The predicted molar refractivity (Wildman–Crippen MR) is 78.1 cm³/mol. The minimum Gasteiger partial charge on any atom is -0.507 e. The van der Waals surface area contributed by atoms with E-state index >= 15 is 0 Å². The van der Waals surface area contributed by atoms with Crippen molar-refractivity contribution in [3.63, 3.8) is 0 Å². The molecular formula is C17H16O3. The van der Waals surface area contributed by atoms with Crippen molar-refractivity contribution in [3.05, 3.63) is 71.3 Å². The molecule has 0 radical (unpaired) electrons. The van der Waals surface area contributed by atoms with Crippen LogP contribution in [0.5, 0.6) is 5.75 Å². The summed E-state index contributed by atoms with van der Waals surface area (Å²) in [6.45, 7) is 2.22. The highest BCUT2D eigenvalue weighted by Crippen LogP contribution is 2.17. The maximum absolute atomic E-state index is 11.6. The van der Waals surface area contributed by atoms with Crippen molar-refractivity contribution in [1.82, 2.24) is 0 Å². The zero-order valence-corrected chi connectivity index (χ0v) is 11.2. The lowest BCUT2D eigenvalue weighted by Crippen LogP contribution is -2.01. The van der Waals surface area contributed by atoms with E-state index in [0.29, 0.717) is 5.56 Å². The average molecular weight is 268 g/mol. The molecule has 0 saturated heterocycles. The predicted octanol–water partition coefficient (Wildman–Crippen LogP) is 3.46. The fourth-order valence-corrected chi connectivity index (χ4v) is 1.76. The summed E-state index contributed by atoms with van der Waals surface area (Å²) < 4.78 is 5.16. The molecule has 0 unspecified atom stereocenters. The molecule has 0 bridgehead atoms. The molecule has 0 atom stereocenters. The fraction of sp³-hybridized carbons (Fsp3) is 0.118. The van der Waals surface area contributed by atoms with Gasteiger partial charge in [-0.25, -0.2) is 4.79 Å². The van der Waals surface area contributed by atoms with Crippen molar-refractivity contribution in [2.75, 3.05) is 0 Å². The lowest BCUT2D eigenvalue weighted by atomic mass is 10.1. The Morgan fingerprint density at radius 1 is 1.15 bits per heavy atom. The summed E-state index contributed by atoms with van der Waals surface area (Å²) in [5, 5.41) is 9.56. The first kappa shape index (κ1) is 13.9. The van der Waals surface area contributed by atoms with E-state index in [-0.39, 0.29) is 12.4 Å². The summed E-state index contributed by atoms with van der Waals surface area (Å²) in [4.78, 5) is 11.6. The van der Waals surface area contributed by atoms with Crippen LogP contribution in [0.2, 0.25) is 0 Å². The monoisotopic (exact) mass is 268 g/mol. The van der Waals surface area contributed by atoms with Gasteiger partial charge in [0.15, 0.2) is 0 Å². The minimum absolute atomic E-state index is 0.135. The van der Waals surface area contributed by atoms with Gasteiger partial charge >= 0.3 is 5.97 Å². The number of ether oxygens (including phenoxy) is 1. The highest BCUT2D eigenvalue weighted by Gasteiger charge is 2.02. The van der Waals surface area contributed by atoms with Gasteiger partial charge in [-0.1, -0.05) is 42.5 Å². The molecule has 0 aliphatic rings. The summed E-state index contributed by atoms with van der Waals surface area (Å²) in [7, 11) is 0. The van der Waals surface area contributed by atoms with Gasteiger partial charge in [-0.05, 0) is 30.2 Å². The van der Waals surface area contributed by atoms with Gasteiger partial charge in [-0.15, -0.1) is 0 Å². The summed E-state index contributed by atoms with van der Waals surface area (Å²) in [5.74, 6) is -0.299. The number of aryl methyl sites for hydroxylation is 1. The SMILES string of the molecule is Cc1ccccc1COC(=O)/C=C/c1ccccc1O. The third-order valence-electron chi connectivity index (χ3n) is 2.97. The van der Waals surface area contributed by atoms with Crippen LogP contribution in [0.3, 0.4) is 0 Å². The van der Waals surface area contributed by atoms with Crippen LogP contribution in [0.1, 0.15) is 16.7 Å². The standard InChI is InChI=1S/C17H16O3/c1-13-6-2-3-8-15(13)12-20-17(19)11-10-14-7-4-5-9-16(14)18/h2-11,18H,12H2,1H3/b11-10+. The van der Waals surface area contributed by atoms with E-state index in [1.165, 1.54) is 12.2 Å². The van der Waals surface area contributed by atoms with Crippen molar-refractivity contribution < 1.29 is 14.6 Å². The number of carbonyl (C=O) groups is 1. The zero-order valence-electron chi connectivity index (χ0n) is 11.2. The second kappa shape index (κ2) is 6.57. The number of rotatable bonds is 4. The molecule has 0 aromatic heterocycles. The van der Waals surface area contributed by atoms with Crippen LogP contribution in [0.15, 0.2) is 54.6 Å². The molecule has 2 aromatic carbocycles. The van der Waals surface area contributed by atoms with Crippen molar-refractivity contribution in [2.45, 2.75) is 13.5 Å². The summed E-state index contributed by atoms with van der Waals surface area (Å²) in [6, 6.07) is 14.6. The minimum atomic E-state index is -0.434. The van der Waals surface area contributed by atoms with Gasteiger partial charge < -0.3 is 9.84 Å². The average Bonchev–Trinajstić information content (AvgIpc) is 2.45. The molecule has 0 heterocycles. The highest BCUT2D eigenvalue weighted by atomic mass is 16.5. The lowest BCUT2D eigenvalue weighted by molar-refractivity contribution is -0.138. The van der Waals surface area contributed by atoms with Gasteiger partial charge in [0, 0.05) is 11.6 Å². The van der Waals surface area contributed by atoms with E-state index in [0.717, 1.165) is 11.1 Å². The van der Waals surface area contributed by atoms with Crippen LogP contribution in [-0.2, 0) is 16.1 Å². The van der Waals surface area contributed by atoms with Crippen molar-refractivity contribution >= 4 is 12.0 Å². The first-order chi connectivity index (χ1) is 9.66. The molecule has 3 heteroatoms. The molecule has 0 saturated carbocycles. The topological polar surface area (TPSA) is 46.5 Å². The van der Waals surface area contributed by atoms with Crippen LogP contribution < -0.4 is 0 Å². The van der Waals surface area contributed by atoms with Crippen LogP contribution >= 0.6 is 0 Å². The summed E-state index contributed by atoms with van der Waals surface area (Å²) >= 11 is 0. The number of phenols is 1. The van der Waals surface area contributed by atoms with E-state index in [1.54, 1.807) is 24.3 Å². The number of phenolic OH excluding ortho intramolecular Hbond substituents is 1. The van der Waals surface area contributed by atoms with Gasteiger partial charge in [-0.3, -0.25) is 0 Å². The van der Waals surface area contributed by atoms with Gasteiger partial charge in [0.25, 0.3) is 0 Å². The smallest absolute Gasteiger partial charge is 0.331 e. The second-order valence-corrected chi connectivity index (χ2v) is 4.43. The molecule has 3 nitrogen and oxygen atoms in total. The Morgan fingerprint density at radius 3 is 2.60 bits per heavy atom. The molecule has 0 spiro atoms. The quantitative estimate of drug-likeness (QED) is 0.682. The van der Waals surface area contributed by atoms with Crippen LogP contribution in [0.4, 0.5) is 0 Å². The largest absolute Gasteiger partial charge is 0.507 e. The maximum atomic E-state index is 11.6. The normalized spacial score (nSPS) is 10.7. The highest BCUT2D eigenvalue weighted by molar-refractivity contribution is 5.87. The number of hydrogen-bond acceptors (Lipinski definition) is 3. The molecular weight excluding hydrogens is 252 g/mol. The molecule has 2 rings (SSSR count). The molecule has 102 valence electrons. The molecule has 0 aliphatic carbocycles. The third kappa shape index (κ3) is 3.72. The van der Waals surface area contributed by atoms with Gasteiger partial charge in [0.1, 0.15) is 12.4 Å². The van der Waals surface area contributed by atoms with Crippen LogP contribution in [-0.4, -0.2) is 11.1 Å². The Bertz CT molecular complexity index is 630. The lowest BCUT2D eigenvalue weighted by Gasteiger charge is -2.05. The van der Waals surface area contributed by atoms with E-state index < -0.39 is 5.97 Å². The van der Waals surface area contributed by atoms with E-state index in [1.807, 2.05) is 31.2 Å². The van der Waals surface area contributed by atoms with E-state index in [9.17, 15) is 9.90 Å².